The number of likely N-dealkylation sites (N-methyl/N-ethyl adjacent to an activating group) is 1. The van der Waals surface area contributed by atoms with E-state index in [1.165, 1.54) is 0 Å². The van der Waals surface area contributed by atoms with Crippen LogP contribution in [-0.4, -0.2) is 41.8 Å². The van der Waals surface area contributed by atoms with E-state index >= 15 is 0 Å². The van der Waals surface area contributed by atoms with Crippen molar-refractivity contribution in [1.82, 2.24) is 9.80 Å². The Hall–Kier alpha value is -2.82. The SMILES string of the molecule is CN1C(=O)CN(C(=O)CCCOc2ccccc2)[C@H]1c1ccccc1. The molecule has 2 aromatic rings. The van der Waals surface area contributed by atoms with Crippen LogP contribution in [0.5, 0.6) is 5.75 Å². The van der Waals surface area contributed by atoms with Gasteiger partial charge < -0.3 is 14.5 Å². The van der Waals surface area contributed by atoms with E-state index in [-0.39, 0.29) is 24.5 Å². The van der Waals surface area contributed by atoms with E-state index in [0.717, 1.165) is 11.3 Å². The minimum Gasteiger partial charge on any atom is -0.494 e. The lowest BCUT2D eigenvalue weighted by molar-refractivity contribution is -0.133. The van der Waals surface area contributed by atoms with Crippen LogP contribution < -0.4 is 4.74 Å². The fourth-order valence-electron chi connectivity index (χ4n) is 3.02. The maximum atomic E-state index is 12.6. The molecule has 0 unspecified atom stereocenters. The smallest absolute Gasteiger partial charge is 0.243 e. The summed E-state index contributed by atoms with van der Waals surface area (Å²) in [5.74, 6) is 0.735. The molecule has 0 spiro atoms. The van der Waals surface area contributed by atoms with Crippen LogP contribution in [0.4, 0.5) is 0 Å². The predicted octanol–water partition coefficient (Wildman–Crippen LogP) is 2.84. The van der Waals surface area contributed by atoms with Crippen molar-refractivity contribution in [2.24, 2.45) is 0 Å². The molecule has 1 atom stereocenters. The van der Waals surface area contributed by atoms with Crippen LogP contribution >= 0.6 is 0 Å². The maximum absolute atomic E-state index is 12.6. The van der Waals surface area contributed by atoms with Crippen molar-refractivity contribution >= 4 is 11.8 Å². The third-order valence-electron chi connectivity index (χ3n) is 4.33. The first-order chi connectivity index (χ1) is 12.2. The molecule has 3 rings (SSSR count). The van der Waals surface area contributed by atoms with Gasteiger partial charge in [0, 0.05) is 13.5 Å². The zero-order valence-electron chi connectivity index (χ0n) is 14.3. The molecular weight excluding hydrogens is 316 g/mol. The predicted molar refractivity (Wildman–Crippen MR) is 94.8 cm³/mol. The first-order valence-corrected chi connectivity index (χ1v) is 8.45. The molecule has 0 bridgehead atoms. The molecule has 0 radical (unpaired) electrons. The molecule has 5 nitrogen and oxygen atoms in total. The van der Waals surface area contributed by atoms with Crippen molar-refractivity contribution in [2.75, 3.05) is 20.2 Å². The molecule has 1 saturated heterocycles. The van der Waals surface area contributed by atoms with E-state index in [1.54, 1.807) is 16.8 Å². The van der Waals surface area contributed by atoms with E-state index in [4.69, 9.17) is 4.74 Å². The van der Waals surface area contributed by atoms with E-state index < -0.39 is 0 Å². The van der Waals surface area contributed by atoms with Crippen molar-refractivity contribution in [3.63, 3.8) is 0 Å². The van der Waals surface area contributed by atoms with Gasteiger partial charge in [0.15, 0.2) is 0 Å². The first kappa shape index (κ1) is 17.0. The van der Waals surface area contributed by atoms with Gasteiger partial charge in [-0.1, -0.05) is 48.5 Å². The highest BCUT2D eigenvalue weighted by Crippen LogP contribution is 2.29. The van der Waals surface area contributed by atoms with Crippen molar-refractivity contribution in [2.45, 2.75) is 19.0 Å². The van der Waals surface area contributed by atoms with Gasteiger partial charge in [0.25, 0.3) is 0 Å². The van der Waals surface area contributed by atoms with Gasteiger partial charge >= 0.3 is 0 Å². The zero-order valence-corrected chi connectivity index (χ0v) is 14.3. The summed E-state index contributed by atoms with van der Waals surface area (Å²) in [6.45, 7) is 0.609. The van der Waals surface area contributed by atoms with Gasteiger partial charge in [-0.15, -0.1) is 0 Å². The Bertz CT molecular complexity index is 718. The number of carbonyl (C=O) groups excluding carboxylic acids is 2. The lowest BCUT2D eigenvalue weighted by Gasteiger charge is -2.28. The van der Waals surface area contributed by atoms with Gasteiger partial charge in [0.2, 0.25) is 11.8 Å². The molecule has 2 aromatic carbocycles. The van der Waals surface area contributed by atoms with Crippen LogP contribution in [0.2, 0.25) is 0 Å². The van der Waals surface area contributed by atoms with Crippen molar-refractivity contribution in [3.8, 4) is 5.75 Å². The van der Waals surface area contributed by atoms with Crippen molar-refractivity contribution < 1.29 is 14.3 Å². The number of rotatable bonds is 6. The second-order valence-electron chi connectivity index (χ2n) is 6.08. The molecule has 1 aliphatic rings. The van der Waals surface area contributed by atoms with Crippen LogP contribution in [0.15, 0.2) is 60.7 Å². The normalized spacial score (nSPS) is 17.0. The number of ether oxygens (including phenoxy) is 1. The van der Waals surface area contributed by atoms with Gasteiger partial charge in [-0.2, -0.15) is 0 Å². The molecule has 1 aliphatic heterocycles. The van der Waals surface area contributed by atoms with E-state index in [9.17, 15) is 9.59 Å². The average Bonchev–Trinajstić information content (AvgIpc) is 2.95. The molecule has 0 N–H and O–H groups in total. The lowest BCUT2D eigenvalue weighted by atomic mass is 10.1. The summed E-state index contributed by atoms with van der Waals surface area (Å²) in [6, 6.07) is 19.2. The summed E-state index contributed by atoms with van der Waals surface area (Å²) < 4.78 is 5.62. The Kier molecular flexibility index (Phi) is 5.33. The summed E-state index contributed by atoms with van der Waals surface area (Å²) in [5, 5.41) is 0. The molecule has 5 heteroatoms. The van der Waals surface area contributed by atoms with Crippen molar-refractivity contribution in [1.29, 1.82) is 0 Å². The molecule has 25 heavy (non-hydrogen) atoms. The standard InChI is InChI=1S/C20H22N2O3/c1-21-19(24)15-22(20(21)16-9-4-2-5-10-16)18(23)13-8-14-25-17-11-6-3-7-12-17/h2-7,9-12,20H,8,13-15H2,1H3/t20-/m0/s1. The molecule has 1 fully saturated rings. The monoisotopic (exact) mass is 338 g/mol. The summed E-state index contributed by atoms with van der Waals surface area (Å²) >= 11 is 0. The number of hydrogen-bond donors (Lipinski definition) is 0. The summed E-state index contributed by atoms with van der Waals surface area (Å²) in [5.41, 5.74) is 0.949. The number of amides is 2. The maximum Gasteiger partial charge on any atom is 0.243 e. The van der Waals surface area contributed by atoms with Gasteiger partial charge in [0.1, 0.15) is 18.5 Å². The van der Waals surface area contributed by atoms with Gasteiger partial charge in [-0.3, -0.25) is 9.59 Å². The van der Waals surface area contributed by atoms with Crippen molar-refractivity contribution in [3.05, 3.63) is 66.2 Å². The lowest BCUT2D eigenvalue weighted by Crippen LogP contribution is -2.34. The molecule has 2 amide bonds. The zero-order chi connectivity index (χ0) is 17.6. The Balaban J connectivity index is 1.57. The Labute approximate surface area is 147 Å². The quantitative estimate of drug-likeness (QED) is 0.761. The highest BCUT2D eigenvalue weighted by atomic mass is 16.5. The molecule has 0 saturated carbocycles. The van der Waals surface area contributed by atoms with E-state index in [1.807, 2.05) is 60.7 Å². The Morgan fingerprint density at radius 1 is 1.08 bits per heavy atom. The minimum absolute atomic E-state index is 0.0248. The number of hydrogen-bond acceptors (Lipinski definition) is 3. The largest absolute Gasteiger partial charge is 0.494 e. The highest BCUT2D eigenvalue weighted by Gasteiger charge is 2.38. The second kappa shape index (κ2) is 7.83. The third kappa shape index (κ3) is 3.99. The van der Waals surface area contributed by atoms with E-state index in [0.29, 0.717) is 19.4 Å². The summed E-state index contributed by atoms with van der Waals surface area (Å²) in [7, 11) is 1.74. The average molecular weight is 338 g/mol. The minimum atomic E-state index is -0.323. The fourth-order valence-corrected chi connectivity index (χ4v) is 3.02. The third-order valence-corrected chi connectivity index (χ3v) is 4.33. The number of nitrogens with zero attached hydrogens (tertiary/aromatic N) is 2. The highest BCUT2D eigenvalue weighted by molar-refractivity contribution is 5.88. The molecule has 1 heterocycles. The van der Waals surface area contributed by atoms with E-state index in [2.05, 4.69) is 0 Å². The number of para-hydroxylation sites is 1. The fraction of sp³-hybridized carbons (Fsp3) is 0.300. The molecule has 130 valence electrons. The van der Waals surface area contributed by atoms with Gasteiger partial charge in [-0.25, -0.2) is 0 Å². The number of benzene rings is 2. The van der Waals surface area contributed by atoms with Crippen LogP contribution in [0.1, 0.15) is 24.6 Å². The van der Waals surface area contributed by atoms with Gasteiger partial charge in [0.05, 0.1) is 6.61 Å². The second-order valence-corrected chi connectivity index (χ2v) is 6.08. The number of carbonyl (C=O) groups is 2. The summed E-state index contributed by atoms with van der Waals surface area (Å²) in [4.78, 5) is 28.0. The molecular formula is C20H22N2O3. The Morgan fingerprint density at radius 2 is 1.72 bits per heavy atom. The van der Waals surface area contributed by atoms with Crippen LogP contribution in [0, 0.1) is 0 Å². The van der Waals surface area contributed by atoms with Crippen LogP contribution in [0.3, 0.4) is 0 Å². The topological polar surface area (TPSA) is 49.9 Å². The summed E-state index contributed by atoms with van der Waals surface area (Å²) in [6.07, 6.45) is 0.650. The van der Waals surface area contributed by atoms with Crippen LogP contribution in [0.25, 0.3) is 0 Å². The Morgan fingerprint density at radius 3 is 2.40 bits per heavy atom. The van der Waals surface area contributed by atoms with Crippen LogP contribution in [-0.2, 0) is 9.59 Å². The molecule has 0 aliphatic carbocycles. The van der Waals surface area contributed by atoms with Gasteiger partial charge in [-0.05, 0) is 24.1 Å². The first-order valence-electron chi connectivity index (χ1n) is 8.45. The molecule has 0 aromatic heterocycles.